The van der Waals surface area contributed by atoms with Crippen LogP contribution in [0.25, 0.3) is 10.9 Å². The van der Waals surface area contributed by atoms with Crippen molar-refractivity contribution in [2.24, 2.45) is 12.8 Å². The van der Waals surface area contributed by atoms with Gasteiger partial charge in [-0.15, -0.1) is 0 Å². The minimum atomic E-state index is -0.0557. The smallest absolute Gasteiger partial charge is 0.0867 e. The summed E-state index contributed by atoms with van der Waals surface area (Å²) in [5.41, 5.74) is 7.76. The fraction of sp³-hybridized carbons (Fsp3) is 0.300. The number of aryl methyl sites for hydroxylation is 1. The van der Waals surface area contributed by atoms with Crippen molar-refractivity contribution >= 4 is 22.5 Å². The summed E-state index contributed by atoms with van der Waals surface area (Å²) in [4.78, 5) is 0. The van der Waals surface area contributed by atoms with E-state index in [0.717, 1.165) is 21.6 Å². The van der Waals surface area contributed by atoms with Gasteiger partial charge in [0.05, 0.1) is 11.2 Å². The average molecular weight is 210 g/mol. The molecule has 74 valence electrons. The van der Waals surface area contributed by atoms with Crippen molar-refractivity contribution in [1.29, 1.82) is 0 Å². The van der Waals surface area contributed by atoms with Crippen molar-refractivity contribution in [3.8, 4) is 0 Å². The minimum absolute atomic E-state index is 0.0557. The molecule has 0 fully saturated rings. The van der Waals surface area contributed by atoms with Gasteiger partial charge in [-0.25, -0.2) is 0 Å². The number of hydrogen-bond donors (Lipinski definition) is 1. The van der Waals surface area contributed by atoms with E-state index in [9.17, 15) is 0 Å². The molecule has 1 aromatic heterocycles. The highest BCUT2D eigenvalue weighted by Crippen LogP contribution is 2.24. The van der Waals surface area contributed by atoms with Crippen LogP contribution in [0.1, 0.15) is 18.7 Å². The van der Waals surface area contributed by atoms with Gasteiger partial charge >= 0.3 is 0 Å². The highest BCUT2D eigenvalue weighted by atomic mass is 35.5. The lowest BCUT2D eigenvalue weighted by atomic mass is 10.1. The molecule has 0 bridgehead atoms. The van der Waals surface area contributed by atoms with Gasteiger partial charge in [0.25, 0.3) is 0 Å². The summed E-state index contributed by atoms with van der Waals surface area (Å²) in [6, 6.07) is 5.66. The summed E-state index contributed by atoms with van der Waals surface area (Å²) < 4.78 is 1.81. The molecule has 2 N–H and O–H groups in total. The van der Waals surface area contributed by atoms with Gasteiger partial charge in [0.2, 0.25) is 0 Å². The van der Waals surface area contributed by atoms with Crippen molar-refractivity contribution in [3.63, 3.8) is 0 Å². The number of nitrogens with two attached hydrogens (primary N) is 1. The van der Waals surface area contributed by atoms with E-state index in [1.165, 1.54) is 0 Å². The van der Waals surface area contributed by atoms with Crippen LogP contribution in [-0.2, 0) is 7.05 Å². The number of nitrogens with zero attached hydrogens (tertiary/aromatic N) is 2. The lowest BCUT2D eigenvalue weighted by Crippen LogP contribution is -2.06. The van der Waals surface area contributed by atoms with E-state index in [1.54, 1.807) is 4.68 Å². The molecular weight excluding hydrogens is 198 g/mol. The van der Waals surface area contributed by atoms with Crippen molar-refractivity contribution in [1.82, 2.24) is 9.78 Å². The topological polar surface area (TPSA) is 43.8 Å². The maximum Gasteiger partial charge on any atom is 0.0867 e. The Labute approximate surface area is 87.5 Å². The number of benzene rings is 1. The predicted molar refractivity (Wildman–Crippen MR) is 58.3 cm³/mol. The lowest BCUT2D eigenvalue weighted by molar-refractivity contribution is 0.712. The predicted octanol–water partition coefficient (Wildman–Crippen LogP) is 2.25. The third kappa shape index (κ3) is 1.38. The second kappa shape index (κ2) is 3.26. The summed E-state index contributed by atoms with van der Waals surface area (Å²) in [7, 11) is 1.89. The van der Waals surface area contributed by atoms with Crippen LogP contribution >= 0.6 is 11.6 Å². The van der Waals surface area contributed by atoms with Gasteiger partial charge in [-0.1, -0.05) is 11.6 Å². The zero-order valence-electron chi connectivity index (χ0n) is 8.16. The molecule has 1 atom stereocenters. The van der Waals surface area contributed by atoms with Crippen LogP contribution in [0.4, 0.5) is 0 Å². The molecule has 1 aromatic carbocycles. The van der Waals surface area contributed by atoms with Gasteiger partial charge < -0.3 is 5.73 Å². The first-order chi connectivity index (χ1) is 6.59. The van der Waals surface area contributed by atoms with E-state index in [-0.39, 0.29) is 6.04 Å². The van der Waals surface area contributed by atoms with Gasteiger partial charge in [-0.2, -0.15) is 5.10 Å². The van der Waals surface area contributed by atoms with Gasteiger partial charge in [0.15, 0.2) is 0 Å². The molecule has 0 aliphatic heterocycles. The third-order valence-electron chi connectivity index (χ3n) is 2.27. The maximum absolute atomic E-state index is 5.91. The van der Waals surface area contributed by atoms with E-state index < -0.39 is 0 Å². The number of fused-ring (bicyclic) bond motifs is 1. The number of aromatic nitrogens is 2. The van der Waals surface area contributed by atoms with Gasteiger partial charge in [0, 0.05) is 23.5 Å². The van der Waals surface area contributed by atoms with Crippen molar-refractivity contribution < 1.29 is 0 Å². The fourth-order valence-electron chi connectivity index (χ4n) is 1.59. The minimum Gasteiger partial charge on any atom is -0.323 e. The summed E-state index contributed by atoms with van der Waals surface area (Å²) >= 11 is 5.91. The van der Waals surface area contributed by atoms with Gasteiger partial charge in [0.1, 0.15) is 0 Å². The van der Waals surface area contributed by atoms with E-state index in [1.807, 2.05) is 32.2 Å². The molecule has 0 radical (unpaired) electrons. The van der Waals surface area contributed by atoms with Crippen LogP contribution in [0.5, 0.6) is 0 Å². The van der Waals surface area contributed by atoms with Crippen LogP contribution in [0.3, 0.4) is 0 Å². The quantitative estimate of drug-likeness (QED) is 0.783. The first-order valence-electron chi connectivity index (χ1n) is 4.47. The monoisotopic (exact) mass is 209 g/mol. The van der Waals surface area contributed by atoms with E-state index in [2.05, 4.69) is 5.10 Å². The Morgan fingerprint density at radius 2 is 2.21 bits per heavy atom. The zero-order chi connectivity index (χ0) is 10.3. The van der Waals surface area contributed by atoms with Crippen LogP contribution in [-0.4, -0.2) is 9.78 Å². The highest BCUT2D eigenvalue weighted by molar-refractivity contribution is 6.31. The Kier molecular flexibility index (Phi) is 2.21. The van der Waals surface area contributed by atoms with Crippen LogP contribution in [0.15, 0.2) is 18.2 Å². The number of hydrogen-bond acceptors (Lipinski definition) is 2. The summed E-state index contributed by atoms with van der Waals surface area (Å²) in [6.45, 7) is 1.93. The average Bonchev–Trinajstić information content (AvgIpc) is 2.44. The normalized spacial score (nSPS) is 13.4. The van der Waals surface area contributed by atoms with Gasteiger partial charge in [-0.3, -0.25) is 4.68 Å². The summed E-state index contributed by atoms with van der Waals surface area (Å²) in [5.74, 6) is 0. The van der Waals surface area contributed by atoms with Crippen LogP contribution in [0.2, 0.25) is 5.02 Å². The molecule has 4 heteroatoms. The molecule has 1 unspecified atom stereocenters. The summed E-state index contributed by atoms with van der Waals surface area (Å²) in [5, 5.41) is 6.16. The second-order valence-corrected chi connectivity index (χ2v) is 3.90. The third-order valence-corrected chi connectivity index (χ3v) is 2.51. The van der Waals surface area contributed by atoms with Gasteiger partial charge in [-0.05, 0) is 25.1 Å². The van der Waals surface area contributed by atoms with Crippen molar-refractivity contribution in [3.05, 3.63) is 28.9 Å². The SMILES string of the molecule is CC(N)c1nn(C)c2cc(Cl)ccc12. The molecule has 0 amide bonds. The molecule has 1 heterocycles. The highest BCUT2D eigenvalue weighted by Gasteiger charge is 2.11. The first-order valence-corrected chi connectivity index (χ1v) is 4.85. The van der Waals surface area contributed by atoms with E-state index >= 15 is 0 Å². The molecular formula is C10H12ClN3. The standard InChI is InChI=1S/C10H12ClN3/c1-6(12)10-8-4-3-7(11)5-9(8)14(2)13-10/h3-6H,12H2,1-2H3. The molecule has 2 rings (SSSR count). The largest absolute Gasteiger partial charge is 0.323 e. The first kappa shape index (κ1) is 9.49. The van der Waals surface area contributed by atoms with Crippen molar-refractivity contribution in [2.75, 3.05) is 0 Å². The summed E-state index contributed by atoms with van der Waals surface area (Å²) in [6.07, 6.45) is 0. The molecule has 0 spiro atoms. The Morgan fingerprint density at radius 3 is 2.86 bits per heavy atom. The fourth-order valence-corrected chi connectivity index (χ4v) is 1.76. The second-order valence-electron chi connectivity index (χ2n) is 3.46. The zero-order valence-corrected chi connectivity index (χ0v) is 8.92. The Morgan fingerprint density at radius 1 is 1.50 bits per heavy atom. The molecule has 0 aliphatic rings. The molecule has 0 aliphatic carbocycles. The molecule has 2 aromatic rings. The van der Waals surface area contributed by atoms with E-state index in [0.29, 0.717) is 0 Å². The van der Waals surface area contributed by atoms with Crippen LogP contribution < -0.4 is 5.73 Å². The maximum atomic E-state index is 5.91. The molecule has 3 nitrogen and oxygen atoms in total. The van der Waals surface area contributed by atoms with Crippen molar-refractivity contribution in [2.45, 2.75) is 13.0 Å². The lowest BCUT2D eigenvalue weighted by Gasteiger charge is -1.99. The Balaban J connectivity index is 2.77. The Hall–Kier alpha value is -1.06. The van der Waals surface area contributed by atoms with Crippen LogP contribution in [0, 0.1) is 0 Å². The number of rotatable bonds is 1. The number of halogens is 1. The molecule has 14 heavy (non-hydrogen) atoms. The Bertz CT molecular complexity index is 473. The molecule has 0 saturated heterocycles. The molecule has 0 saturated carbocycles. The van der Waals surface area contributed by atoms with E-state index in [4.69, 9.17) is 17.3 Å².